The van der Waals surface area contributed by atoms with Gasteiger partial charge in [-0.25, -0.2) is 13.4 Å². The van der Waals surface area contributed by atoms with Crippen LogP contribution >= 0.6 is 11.3 Å². The highest BCUT2D eigenvalue weighted by atomic mass is 32.2. The summed E-state index contributed by atoms with van der Waals surface area (Å²) in [5.41, 5.74) is 4.00. The van der Waals surface area contributed by atoms with Crippen LogP contribution in [0.5, 0.6) is 5.75 Å². The minimum atomic E-state index is -3.87. The van der Waals surface area contributed by atoms with Crippen molar-refractivity contribution in [3.63, 3.8) is 0 Å². The van der Waals surface area contributed by atoms with E-state index in [0.717, 1.165) is 26.9 Å². The molecule has 1 atom stereocenters. The first-order valence-electron chi connectivity index (χ1n) is 12.2. The Morgan fingerprint density at radius 2 is 1.84 bits per heavy atom. The highest BCUT2D eigenvalue weighted by Gasteiger charge is 2.42. The van der Waals surface area contributed by atoms with Crippen LogP contribution in [0.3, 0.4) is 0 Å². The molecule has 3 aromatic carbocycles. The minimum Gasteiger partial charge on any atom is -0.497 e. The van der Waals surface area contributed by atoms with E-state index in [4.69, 9.17) is 9.72 Å². The Bertz CT molecular complexity index is 1530. The topological polar surface area (TPSA) is 79.8 Å². The summed E-state index contributed by atoms with van der Waals surface area (Å²) in [5, 5.41) is 0.575. The second-order valence-corrected chi connectivity index (χ2v) is 12.2. The Hall–Kier alpha value is -3.27. The van der Waals surface area contributed by atoms with Crippen LogP contribution in [-0.4, -0.2) is 43.3 Å². The molecular weight excluding hydrogens is 506 g/mol. The number of nitrogens with zero attached hydrogens (tertiary/aromatic N) is 3. The maximum absolute atomic E-state index is 14.1. The molecule has 7 nitrogen and oxygen atoms in total. The second kappa shape index (κ2) is 10.2. The van der Waals surface area contributed by atoms with Crippen LogP contribution in [0.15, 0.2) is 71.6 Å². The Kier molecular flexibility index (Phi) is 7.02. The third-order valence-corrected chi connectivity index (χ3v) is 9.60. The van der Waals surface area contributed by atoms with E-state index in [-0.39, 0.29) is 10.8 Å². The van der Waals surface area contributed by atoms with E-state index in [0.29, 0.717) is 36.8 Å². The van der Waals surface area contributed by atoms with Gasteiger partial charge in [-0.05, 0) is 73.7 Å². The monoisotopic (exact) mass is 535 g/mol. The Labute approximate surface area is 221 Å². The maximum Gasteiger partial charge on any atom is 0.247 e. The first-order chi connectivity index (χ1) is 17.8. The SMILES string of the molecule is COc1ccc(S(=O)(=O)N2CCCC2C(=O)N(Cc2ccccc2)c2nc3c(C)cc(C)cc3s2)cc1. The van der Waals surface area contributed by atoms with Crippen LogP contribution in [0.2, 0.25) is 0 Å². The number of carbonyl (C=O) groups is 1. The molecule has 1 aliphatic heterocycles. The molecule has 0 radical (unpaired) electrons. The maximum atomic E-state index is 14.1. The zero-order chi connectivity index (χ0) is 26.2. The largest absolute Gasteiger partial charge is 0.497 e. The number of hydrogen-bond acceptors (Lipinski definition) is 6. The van der Waals surface area contributed by atoms with Gasteiger partial charge in [0, 0.05) is 6.54 Å². The molecule has 5 rings (SSSR count). The van der Waals surface area contributed by atoms with Crippen molar-refractivity contribution in [2.24, 2.45) is 0 Å². The van der Waals surface area contributed by atoms with Crippen LogP contribution in [0.1, 0.15) is 29.5 Å². The summed E-state index contributed by atoms with van der Waals surface area (Å²) in [6, 6.07) is 19.3. The van der Waals surface area contributed by atoms with Gasteiger partial charge in [0.25, 0.3) is 0 Å². The lowest BCUT2D eigenvalue weighted by Gasteiger charge is -2.28. The van der Waals surface area contributed by atoms with Crippen molar-refractivity contribution in [3.05, 3.63) is 83.4 Å². The van der Waals surface area contributed by atoms with Gasteiger partial charge in [-0.3, -0.25) is 9.69 Å². The third-order valence-electron chi connectivity index (χ3n) is 6.65. The molecule has 1 aliphatic rings. The van der Waals surface area contributed by atoms with E-state index in [1.807, 2.05) is 44.2 Å². The average molecular weight is 536 g/mol. The van der Waals surface area contributed by atoms with E-state index in [2.05, 4.69) is 12.1 Å². The second-order valence-electron chi connectivity index (χ2n) is 9.28. The average Bonchev–Trinajstić information content (AvgIpc) is 3.56. The van der Waals surface area contributed by atoms with E-state index >= 15 is 0 Å². The fraction of sp³-hybridized carbons (Fsp3) is 0.286. The molecule has 0 N–H and O–H groups in total. The molecule has 2 heterocycles. The lowest BCUT2D eigenvalue weighted by Crippen LogP contribution is -2.47. The number of hydrogen-bond donors (Lipinski definition) is 0. The molecule has 0 bridgehead atoms. The zero-order valence-corrected chi connectivity index (χ0v) is 22.7. The number of thiazole rings is 1. The summed E-state index contributed by atoms with van der Waals surface area (Å²) in [7, 11) is -2.34. The number of carbonyl (C=O) groups excluding carboxylic acids is 1. The van der Waals surface area contributed by atoms with Crippen molar-refractivity contribution < 1.29 is 17.9 Å². The summed E-state index contributed by atoms with van der Waals surface area (Å²) in [5.74, 6) is 0.315. The summed E-state index contributed by atoms with van der Waals surface area (Å²) < 4.78 is 34.7. The van der Waals surface area contributed by atoms with E-state index in [1.165, 1.54) is 34.9 Å². The van der Waals surface area contributed by atoms with E-state index in [1.54, 1.807) is 17.0 Å². The number of aryl methyl sites for hydroxylation is 2. The van der Waals surface area contributed by atoms with Crippen LogP contribution in [0.25, 0.3) is 10.2 Å². The summed E-state index contributed by atoms with van der Waals surface area (Å²) in [6.07, 6.45) is 1.08. The summed E-state index contributed by atoms with van der Waals surface area (Å²) in [6.45, 7) is 4.66. The van der Waals surface area contributed by atoms with Gasteiger partial charge >= 0.3 is 0 Å². The molecule has 9 heteroatoms. The van der Waals surface area contributed by atoms with Crippen molar-refractivity contribution in [2.45, 2.75) is 44.2 Å². The van der Waals surface area contributed by atoms with Crippen LogP contribution in [0.4, 0.5) is 5.13 Å². The van der Waals surface area contributed by atoms with Crippen molar-refractivity contribution in [3.8, 4) is 5.75 Å². The molecule has 1 aromatic heterocycles. The first-order valence-corrected chi connectivity index (χ1v) is 14.4. The fourth-order valence-corrected chi connectivity index (χ4v) is 7.62. The number of methoxy groups -OCH3 is 1. The predicted molar refractivity (Wildman–Crippen MR) is 147 cm³/mol. The Morgan fingerprint density at radius 1 is 1.11 bits per heavy atom. The molecule has 37 heavy (non-hydrogen) atoms. The van der Waals surface area contributed by atoms with Gasteiger partial charge < -0.3 is 4.74 Å². The molecule has 1 amide bonds. The molecule has 0 spiro atoms. The fourth-order valence-electron chi connectivity index (χ4n) is 4.82. The molecule has 4 aromatic rings. The molecule has 0 aliphatic carbocycles. The van der Waals surface area contributed by atoms with Gasteiger partial charge in [0.1, 0.15) is 11.8 Å². The quantitative estimate of drug-likeness (QED) is 0.321. The molecule has 192 valence electrons. The molecule has 1 unspecified atom stereocenters. The normalized spacial score (nSPS) is 16.2. The number of ether oxygens (including phenoxy) is 1. The van der Waals surface area contributed by atoms with Gasteiger partial charge in [-0.15, -0.1) is 0 Å². The van der Waals surface area contributed by atoms with Gasteiger partial charge in [-0.2, -0.15) is 4.31 Å². The minimum absolute atomic E-state index is 0.147. The number of aromatic nitrogens is 1. The number of benzene rings is 3. The van der Waals surface area contributed by atoms with E-state index < -0.39 is 16.1 Å². The van der Waals surface area contributed by atoms with E-state index in [9.17, 15) is 13.2 Å². The van der Waals surface area contributed by atoms with Crippen molar-refractivity contribution in [2.75, 3.05) is 18.6 Å². The van der Waals surface area contributed by atoms with Gasteiger partial charge in [0.15, 0.2) is 5.13 Å². The Balaban J connectivity index is 1.52. The van der Waals surface area contributed by atoms with Crippen LogP contribution < -0.4 is 9.64 Å². The van der Waals surface area contributed by atoms with Gasteiger partial charge in [0.2, 0.25) is 15.9 Å². The van der Waals surface area contributed by atoms with Crippen LogP contribution in [0, 0.1) is 13.8 Å². The van der Waals surface area contributed by atoms with Gasteiger partial charge in [-0.1, -0.05) is 47.7 Å². The lowest BCUT2D eigenvalue weighted by molar-refractivity contribution is -0.121. The third kappa shape index (κ3) is 4.99. The lowest BCUT2D eigenvalue weighted by atomic mass is 10.1. The summed E-state index contributed by atoms with van der Waals surface area (Å²) in [4.78, 5) is 20.8. The molecule has 1 fully saturated rings. The zero-order valence-electron chi connectivity index (χ0n) is 21.0. The summed E-state index contributed by atoms with van der Waals surface area (Å²) >= 11 is 1.46. The number of rotatable bonds is 7. The molecule has 1 saturated heterocycles. The smallest absolute Gasteiger partial charge is 0.247 e. The van der Waals surface area contributed by atoms with Crippen molar-refractivity contribution >= 4 is 42.6 Å². The van der Waals surface area contributed by atoms with Crippen molar-refractivity contribution in [1.82, 2.24) is 9.29 Å². The number of amides is 1. The highest BCUT2D eigenvalue weighted by Crippen LogP contribution is 2.35. The number of sulfonamides is 1. The Morgan fingerprint density at radius 3 is 2.54 bits per heavy atom. The molecule has 0 saturated carbocycles. The van der Waals surface area contributed by atoms with Crippen LogP contribution in [-0.2, 0) is 21.4 Å². The standard InChI is InChI=1S/C28H29N3O4S2/c1-19-16-20(2)26-25(17-19)36-28(29-26)30(18-21-8-5-4-6-9-21)27(32)24-10-7-15-31(24)37(33,34)23-13-11-22(35-3)12-14-23/h4-6,8-9,11-14,16-17,24H,7,10,15,18H2,1-3H3. The highest BCUT2D eigenvalue weighted by molar-refractivity contribution is 7.89. The number of fused-ring (bicyclic) bond motifs is 1. The predicted octanol–water partition coefficient (Wildman–Crippen LogP) is 5.31. The van der Waals surface area contributed by atoms with Gasteiger partial charge in [0.05, 0.1) is 28.8 Å². The molecular formula is C28H29N3O4S2. The van der Waals surface area contributed by atoms with Crippen molar-refractivity contribution in [1.29, 1.82) is 0 Å². The number of anilines is 1. The first kappa shape index (κ1) is 25.4.